The van der Waals surface area contributed by atoms with E-state index in [4.69, 9.17) is 14.2 Å². The molecule has 4 nitrogen and oxygen atoms in total. The molecule has 0 unspecified atom stereocenters. The molecule has 0 amide bonds. The molecule has 0 radical (unpaired) electrons. The van der Waals surface area contributed by atoms with Crippen LogP contribution in [0.4, 0.5) is 5.69 Å². The summed E-state index contributed by atoms with van der Waals surface area (Å²) in [6, 6.07) is 17.3. The average Bonchev–Trinajstić information content (AvgIpc) is 2.88. The normalized spacial score (nSPS) is 11.5. The SMILES string of the molecule is CCC[CH2][Sn]([CH2]CCC)([CH2]CCC)[c]1ccc(OCCOCCOc2ccc(N(C)C)cc2)cc1. The van der Waals surface area contributed by atoms with Crippen LogP contribution in [0.1, 0.15) is 59.3 Å². The fraction of sp³-hybridized carbons (Fsp3) is 0.600. The molecule has 0 spiro atoms. The zero-order valence-corrected chi connectivity index (χ0v) is 25.8. The fourth-order valence-corrected chi connectivity index (χ4v) is 20.6. The molecule has 2 rings (SSSR count). The van der Waals surface area contributed by atoms with Gasteiger partial charge in [0.2, 0.25) is 0 Å². The molecular weight excluding hydrogens is 541 g/mol. The van der Waals surface area contributed by atoms with Crippen molar-refractivity contribution in [2.45, 2.75) is 72.6 Å². The van der Waals surface area contributed by atoms with Gasteiger partial charge < -0.3 is 4.90 Å². The van der Waals surface area contributed by atoms with Gasteiger partial charge in [0.1, 0.15) is 0 Å². The van der Waals surface area contributed by atoms with Crippen LogP contribution in [0.3, 0.4) is 0 Å². The maximum absolute atomic E-state index is 5.97. The Morgan fingerprint density at radius 1 is 0.600 bits per heavy atom. The van der Waals surface area contributed by atoms with Crippen LogP contribution in [0.25, 0.3) is 0 Å². The van der Waals surface area contributed by atoms with Crippen LogP contribution in [0.5, 0.6) is 11.5 Å². The van der Waals surface area contributed by atoms with E-state index in [1.165, 1.54) is 51.8 Å². The van der Waals surface area contributed by atoms with E-state index in [2.05, 4.69) is 62.1 Å². The van der Waals surface area contributed by atoms with Crippen molar-refractivity contribution in [1.82, 2.24) is 0 Å². The zero-order valence-electron chi connectivity index (χ0n) is 23.0. The number of ether oxygens (including phenoxy) is 3. The molecule has 0 saturated heterocycles. The van der Waals surface area contributed by atoms with E-state index in [9.17, 15) is 0 Å². The van der Waals surface area contributed by atoms with Crippen molar-refractivity contribution in [2.75, 3.05) is 45.4 Å². The number of anilines is 1. The van der Waals surface area contributed by atoms with Gasteiger partial charge in [0.05, 0.1) is 0 Å². The Morgan fingerprint density at radius 3 is 1.43 bits per heavy atom. The van der Waals surface area contributed by atoms with Crippen molar-refractivity contribution in [3.63, 3.8) is 0 Å². The summed E-state index contributed by atoms with van der Waals surface area (Å²) >= 11 is -2.35. The third-order valence-electron chi connectivity index (χ3n) is 6.84. The van der Waals surface area contributed by atoms with Gasteiger partial charge in [0.25, 0.3) is 0 Å². The number of nitrogens with zero attached hydrogens (tertiary/aromatic N) is 1. The number of unbranched alkanes of at least 4 members (excludes halogenated alkanes) is 3. The molecule has 0 saturated carbocycles. The minimum atomic E-state index is -2.35. The first-order valence-electron chi connectivity index (χ1n) is 13.8. The summed E-state index contributed by atoms with van der Waals surface area (Å²) < 4.78 is 23.6. The first-order chi connectivity index (χ1) is 17.0. The molecule has 35 heavy (non-hydrogen) atoms. The van der Waals surface area contributed by atoms with E-state index in [0.29, 0.717) is 26.4 Å². The van der Waals surface area contributed by atoms with Gasteiger partial charge >= 0.3 is 171 Å². The van der Waals surface area contributed by atoms with Gasteiger partial charge in [-0.2, -0.15) is 0 Å². The topological polar surface area (TPSA) is 30.9 Å². The van der Waals surface area contributed by atoms with Gasteiger partial charge in [-0.05, 0) is 24.3 Å². The quantitative estimate of drug-likeness (QED) is 0.127. The molecule has 0 aliphatic carbocycles. The predicted octanol–water partition coefficient (Wildman–Crippen LogP) is 7.28. The summed E-state index contributed by atoms with van der Waals surface area (Å²) in [5, 5.41) is 0. The van der Waals surface area contributed by atoms with Crippen LogP contribution >= 0.6 is 0 Å². The minimum absolute atomic E-state index is 0.540. The molecule has 0 aliphatic rings. The summed E-state index contributed by atoms with van der Waals surface area (Å²) in [6.07, 6.45) is 8.11. The van der Waals surface area contributed by atoms with Crippen molar-refractivity contribution in [3.05, 3.63) is 48.5 Å². The molecule has 5 heteroatoms. The van der Waals surface area contributed by atoms with E-state index in [1.807, 2.05) is 26.2 Å². The summed E-state index contributed by atoms with van der Waals surface area (Å²) in [4.78, 5) is 2.07. The molecule has 0 atom stereocenters. The molecule has 0 bridgehead atoms. The monoisotopic (exact) mass is 591 g/mol. The van der Waals surface area contributed by atoms with E-state index >= 15 is 0 Å². The van der Waals surface area contributed by atoms with Gasteiger partial charge in [0.15, 0.2) is 0 Å². The first-order valence-corrected chi connectivity index (χ1v) is 21.2. The second-order valence-electron chi connectivity index (χ2n) is 9.81. The summed E-state index contributed by atoms with van der Waals surface area (Å²) in [5.41, 5.74) is 1.16. The maximum atomic E-state index is 5.97. The molecule has 2 aromatic rings. The van der Waals surface area contributed by atoms with Crippen LogP contribution in [0.15, 0.2) is 48.5 Å². The third-order valence-corrected chi connectivity index (χ3v) is 22.5. The summed E-state index contributed by atoms with van der Waals surface area (Å²) in [7, 11) is 4.06. The van der Waals surface area contributed by atoms with Gasteiger partial charge in [-0.25, -0.2) is 0 Å². The molecule has 2 aromatic carbocycles. The fourth-order valence-electron chi connectivity index (χ4n) is 4.64. The molecule has 196 valence electrons. The Morgan fingerprint density at radius 2 is 1.03 bits per heavy atom. The summed E-state index contributed by atoms with van der Waals surface area (Å²) in [6.45, 7) is 9.24. The third kappa shape index (κ3) is 10.6. The second-order valence-corrected chi connectivity index (χ2v) is 23.1. The van der Waals surface area contributed by atoms with Gasteiger partial charge in [-0.3, -0.25) is 0 Å². The van der Waals surface area contributed by atoms with Crippen molar-refractivity contribution in [2.24, 2.45) is 0 Å². The van der Waals surface area contributed by atoms with E-state index < -0.39 is 18.4 Å². The van der Waals surface area contributed by atoms with Gasteiger partial charge in [0, 0.05) is 19.8 Å². The Bertz CT molecular complexity index is 770. The second kappa shape index (κ2) is 17.1. The van der Waals surface area contributed by atoms with Crippen LogP contribution in [-0.4, -0.2) is 58.9 Å². The van der Waals surface area contributed by atoms with Crippen LogP contribution in [0, 0.1) is 0 Å². The van der Waals surface area contributed by atoms with Crippen molar-refractivity contribution in [1.29, 1.82) is 0 Å². The Kier molecular flexibility index (Phi) is 14.6. The molecule has 0 aromatic heterocycles. The number of benzene rings is 2. The Hall–Kier alpha value is -1.40. The molecular formula is C30H49NO3Sn. The zero-order chi connectivity index (χ0) is 25.4. The molecule has 0 aliphatic heterocycles. The first kappa shape index (κ1) is 29.8. The van der Waals surface area contributed by atoms with E-state index in [1.54, 1.807) is 3.58 Å². The van der Waals surface area contributed by atoms with Gasteiger partial charge in [-0.15, -0.1) is 0 Å². The predicted molar refractivity (Wildman–Crippen MR) is 154 cm³/mol. The Labute approximate surface area is 219 Å². The van der Waals surface area contributed by atoms with Crippen LogP contribution in [0.2, 0.25) is 13.3 Å². The van der Waals surface area contributed by atoms with Crippen LogP contribution in [-0.2, 0) is 4.74 Å². The van der Waals surface area contributed by atoms with Crippen molar-refractivity contribution in [3.8, 4) is 11.5 Å². The number of hydrogen-bond acceptors (Lipinski definition) is 4. The molecule has 0 fully saturated rings. The van der Waals surface area contributed by atoms with Crippen molar-refractivity contribution < 1.29 is 14.2 Å². The molecule has 0 N–H and O–H groups in total. The number of hydrogen-bond donors (Lipinski definition) is 0. The molecule has 0 heterocycles. The van der Waals surface area contributed by atoms with Gasteiger partial charge in [-0.1, -0.05) is 0 Å². The average molecular weight is 590 g/mol. The summed E-state index contributed by atoms with van der Waals surface area (Å²) in [5.74, 6) is 1.82. The van der Waals surface area contributed by atoms with Crippen molar-refractivity contribution >= 4 is 27.6 Å². The van der Waals surface area contributed by atoms with E-state index in [-0.39, 0.29) is 0 Å². The standard InChI is InChI=1S/C18H22NO3.3C4H9.Sn/c1-19(2)16-8-10-18(11-9-16)22-15-13-20-12-14-21-17-6-4-3-5-7-17;3*1-3-4-2;/h4-11H,12-15H2,1-2H3;3*1,3-4H2,2H3;. The van der Waals surface area contributed by atoms with E-state index in [0.717, 1.165) is 17.2 Å². The Balaban J connectivity index is 1.77. The van der Waals surface area contributed by atoms with Crippen LogP contribution < -0.4 is 18.0 Å². The number of rotatable bonds is 19.